The van der Waals surface area contributed by atoms with E-state index in [4.69, 9.17) is 17.3 Å². The van der Waals surface area contributed by atoms with E-state index in [9.17, 15) is 0 Å². The molecule has 0 bridgehead atoms. The Kier molecular flexibility index (Phi) is 3.29. The van der Waals surface area contributed by atoms with Crippen molar-refractivity contribution < 1.29 is 0 Å². The zero-order valence-electron chi connectivity index (χ0n) is 9.04. The van der Waals surface area contributed by atoms with Crippen LogP contribution in [-0.2, 0) is 6.54 Å². The van der Waals surface area contributed by atoms with Crippen LogP contribution in [0.2, 0.25) is 5.02 Å². The molecule has 2 N–H and O–H groups in total. The van der Waals surface area contributed by atoms with E-state index in [1.807, 2.05) is 6.07 Å². The maximum absolute atomic E-state index is 6.19. The number of nitrogens with zero attached hydrogens (tertiary/aromatic N) is 1. The van der Waals surface area contributed by atoms with Gasteiger partial charge in [0.1, 0.15) is 0 Å². The summed E-state index contributed by atoms with van der Waals surface area (Å²) in [5.74, 6) is 0. The van der Waals surface area contributed by atoms with Gasteiger partial charge in [-0.1, -0.05) is 23.7 Å². The first-order valence-electron chi connectivity index (χ1n) is 5.38. The highest BCUT2D eigenvalue weighted by Gasteiger charge is 2.19. The summed E-state index contributed by atoms with van der Waals surface area (Å²) in [5.41, 5.74) is 8.28. The summed E-state index contributed by atoms with van der Waals surface area (Å²) in [7, 11) is 0. The van der Waals surface area contributed by atoms with E-state index < -0.39 is 0 Å². The standard InChI is InChI=1S/C12H17ClN2/c1-9-2-3-10(12(13)6-9)7-15-5-4-11(14)8-15/h2-3,6,11H,4-5,7-8,14H2,1H3. The number of halogens is 1. The molecule has 1 unspecified atom stereocenters. The lowest BCUT2D eigenvalue weighted by Gasteiger charge is -2.16. The third-order valence-corrected chi connectivity index (χ3v) is 3.26. The molecule has 0 saturated carbocycles. The minimum absolute atomic E-state index is 0.342. The van der Waals surface area contributed by atoms with E-state index in [1.54, 1.807) is 0 Å². The molecule has 0 aromatic heterocycles. The molecule has 1 heterocycles. The molecule has 1 aromatic carbocycles. The summed E-state index contributed by atoms with van der Waals surface area (Å²) in [6.07, 6.45) is 1.10. The van der Waals surface area contributed by atoms with Crippen LogP contribution in [0.15, 0.2) is 18.2 Å². The van der Waals surface area contributed by atoms with E-state index in [2.05, 4.69) is 24.0 Å². The number of nitrogens with two attached hydrogens (primary N) is 1. The van der Waals surface area contributed by atoms with Crippen LogP contribution in [0.3, 0.4) is 0 Å². The van der Waals surface area contributed by atoms with Crippen LogP contribution in [0.5, 0.6) is 0 Å². The van der Waals surface area contributed by atoms with Crippen molar-refractivity contribution in [3.63, 3.8) is 0 Å². The Morgan fingerprint density at radius 2 is 2.33 bits per heavy atom. The minimum atomic E-state index is 0.342. The van der Waals surface area contributed by atoms with E-state index in [1.165, 1.54) is 11.1 Å². The second-order valence-corrected chi connectivity index (χ2v) is 4.79. The minimum Gasteiger partial charge on any atom is -0.326 e. The van der Waals surface area contributed by atoms with Gasteiger partial charge < -0.3 is 5.73 Å². The Balaban J connectivity index is 2.04. The van der Waals surface area contributed by atoms with Crippen LogP contribution in [0.1, 0.15) is 17.5 Å². The molecule has 1 aromatic rings. The number of benzene rings is 1. The van der Waals surface area contributed by atoms with Crippen LogP contribution in [0.25, 0.3) is 0 Å². The van der Waals surface area contributed by atoms with Gasteiger partial charge in [-0.3, -0.25) is 4.90 Å². The summed E-state index contributed by atoms with van der Waals surface area (Å²) in [6.45, 7) is 5.06. The third-order valence-electron chi connectivity index (χ3n) is 2.91. The molecule has 2 rings (SSSR count). The Morgan fingerprint density at radius 1 is 1.53 bits per heavy atom. The fraction of sp³-hybridized carbons (Fsp3) is 0.500. The molecule has 1 aliphatic heterocycles. The first-order valence-corrected chi connectivity index (χ1v) is 5.76. The Labute approximate surface area is 96.0 Å². The van der Waals surface area contributed by atoms with Gasteiger partial charge in [0.25, 0.3) is 0 Å². The zero-order chi connectivity index (χ0) is 10.8. The van der Waals surface area contributed by atoms with Gasteiger partial charge in [-0.25, -0.2) is 0 Å². The second-order valence-electron chi connectivity index (χ2n) is 4.38. The lowest BCUT2D eigenvalue weighted by atomic mass is 10.1. The molecule has 1 saturated heterocycles. The maximum Gasteiger partial charge on any atom is 0.0453 e. The van der Waals surface area contributed by atoms with Crippen molar-refractivity contribution >= 4 is 11.6 Å². The molecule has 0 aliphatic carbocycles. The van der Waals surface area contributed by atoms with Gasteiger partial charge in [0.05, 0.1) is 0 Å². The fourth-order valence-corrected chi connectivity index (χ4v) is 2.32. The molecule has 2 nitrogen and oxygen atoms in total. The molecular weight excluding hydrogens is 208 g/mol. The Hall–Kier alpha value is -0.570. The van der Waals surface area contributed by atoms with Gasteiger partial charge in [0.2, 0.25) is 0 Å². The first kappa shape index (κ1) is 10.9. The average molecular weight is 225 g/mol. The predicted molar refractivity (Wildman–Crippen MR) is 64.1 cm³/mol. The van der Waals surface area contributed by atoms with Crippen LogP contribution >= 0.6 is 11.6 Å². The highest BCUT2D eigenvalue weighted by atomic mass is 35.5. The van der Waals surface area contributed by atoms with E-state index in [0.717, 1.165) is 31.1 Å². The average Bonchev–Trinajstić information content (AvgIpc) is 2.56. The smallest absolute Gasteiger partial charge is 0.0453 e. The van der Waals surface area contributed by atoms with Crippen LogP contribution in [0.4, 0.5) is 0 Å². The molecule has 3 heteroatoms. The van der Waals surface area contributed by atoms with Crippen molar-refractivity contribution in [2.24, 2.45) is 5.73 Å². The normalized spacial score (nSPS) is 22.2. The van der Waals surface area contributed by atoms with Gasteiger partial charge in [0.15, 0.2) is 0 Å². The molecule has 1 fully saturated rings. The van der Waals surface area contributed by atoms with Gasteiger partial charge in [-0.2, -0.15) is 0 Å². The van der Waals surface area contributed by atoms with Gasteiger partial charge >= 0.3 is 0 Å². The van der Waals surface area contributed by atoms with Crippen molar-refractivity contribution in [1.29, 1.82) is 0 Å². The molecule has 0 spiro atoms. The number of hydrogen-bond donors (Lipinski definition) is 1. The topological polar surface area (TPSA) is 29.3 Å². The van der Waals surface area contributed by atoms with E-state index in [-0.39, 0.29) is 0 Å². The lowest BCUT2D eigenvalue weighted by Crippen LogP contribution is -2.26. The summed E-state index contributed by atoms with van der Waals surface area (Å²) in [6, 6.07) is 6.58. The van der Waals surface area contributed by atoms with Crippen LogP contribution in [-0.4, -0.2) is 24.0 Å². The summed E-state index contributed by atoms with van der Waals surface area (Å²) >= 11 is 6.19. The van der Waals surface area contributed by atoms with Crippen molar-refractivity contribution in [2.75, 3.05) is 13.1 Å². The third kappa shape index (κ3) is 2.71. The SMILES string of the molecule is Cc1ccc(CN2CCC(N)C2)c(Cl)c1. The molecule has 1 atom stereocenters. The number of rotatable bonds is 2. The predicted octanol–water partition coefficient (Wildman–Crippen LogP) is 2.18. The quantitative estimate of drug-likeness (QED) is 0.835. The van der Waals surface area contributed by atoms with Crippen molar-refractivity contribution in [2.45, 2.75) is 25.9 Å². The van der Waals surface area contributed by atoms with E-state index in [0.29, 0.717) is 6.04 Å². The van der Waals surface area contributed by atoms with Gasteiger partial charge in [-0.05, 0) is 30.5 Å². The first-order chi connectivity index (χ1) is 7.15. The number of likely N-dealkylation sites (tertiary alicyclic amines) is 1. The fourth-order valence-electron chi connectivity index (χ4n) is 2.03. The summed E-state index contributed by atoms with van der Waals surface area (Å²) in [5, 5.41) is 0.871. The second kappa shape index (κ2) is 4.52. The zero-order valence-corrected chi connectivity index (χ0v) is 9.80. The Morgan fingerprint density at radius 3 is 2.93 bits per heavy atom. The van der Waals surface area contributed by atoms with Crippen LogP contribution in [0, 0.1) is 6.92 Å². The largest absolute Gasteiger partial charge is 0.326 e. The van der Waals surface area contributed by atoms with Gasteiger partial charge in [0, 0.05) is 30.7 Å². The summed E-state index contributed by atoms with van der Waals surface area (Å²) < 4.78 is 0. The highest BCUT2D eigenvalue weighted by molar-refractivity contribution is 6.31. The highest BCUT2D eigenvalue weighted by Crippen LogP contribution is 2.21. The van der Waals surface area contributed by atoms with Gasteiger partial charge in [-0.15, -0.1) is 0 Å². The van der Waals surface area contributed by atoms with Crippen molar-refractivity contribution in [1.82, 2.24) is 4.90 Å². The van der Waals surface area contributed by atoms with Crippen molar-refractivity contribution in [3.8, 4) is 0 Å². The molecule has 82 valence electrons. The maximum atomic E-state index is 6.19. The summed E-state index contributed by atoms with van der Waals surface area (Å²) in [4.78, 5) is 2.36. The molecule has 1 aliphatic rings. The molecule has 15 heavy (non-hydrogen) atoms. The van der Waals surface area contributed by atoms with E-state index >= 15 is 0 Å². The number of hydrogen-bond acceptors (Lipinski definition) is 2. The Bertz CT molecular complexity index is 351. The molecule has 0 radical (unpaired) electrons. The van der Waals surface area contributed by atoms with Crippen LogP contribution < -0.4 is 5.73 Å². The van der Waals surface area contributed by atoms with Crippen molar-refractivity contribution in [3.05, 3.63) is 34.3 Å². The molecular formula is C12H17ClN2. The lowest BCUT2D eigenvalue weighted by molar-refractivity contribution is 0.327. The monoisotopic (exact) mass is 224 g/mol. The molecule has 0 amide bonds. The number of aryl methyl sites for hydroxylation is 1.